The third kappa shape index (κ3) is 6.54. The molecule has 3 rings (SSSR count). The van der Waals surface area contributed by atoms with E-state index < -0.39 is 28.5 Å². The number of fused-ring (bicyclic) bond motifs is 1. The quantitative estimate of drug-likeness (QED) is 0.476. The van der Waals surface area contributed by atoms with Gasteiger partial charge in [0.15, 0.2) is 11.5 Å². The van der Waals surface area contributed by atoms with E-state index in [0.29, 0.717) is 27.1 Å². The van der Waals surface area contributed by atoms with Crippen LogP contribution in [0.4, 0.5) is 5.69 Å². The number of hydrogen-bond donors (Lipinski definition) is 1. The fourth-order valence-corrected chi connectivity index (χ4v) is 5.10. The number of carbonyl (C=O) groups excluding carboxylic acids is 2. The maximum absolute atomic E-state index is 13.7. The third-order valence-corrected chi connectivity index (χ3v) is 7.91. The smallest absolute Gasteiger partial charge is 0.244 e. The maximum atomic E-state index is 13.7. The Kier molecular flexibility index (Phi) is 8.97. The van der Waals surface area contributed by atoms with Crippen LogP contribution in [-0.4, -0.2) is 56.3 Å². The molecule has 1 aliphatic rings. The molecular weight excluding hydrogens is 529 g/mol. The van der Waals surface area contributed by atoms with Crippen molar-refractivity contribution >= 4 is 50.7 Å². The minimum absolute atomic E-state index is 0.0242. The van der Waals surface area contributed by atoms with E-state index in [4.69, 9.17) is 32.7 Å². The van der Waals surface area contributed by atoms with Gasteiger partial charge in [0, 0.05) is 28.7 Å². The highest BCUT2D eigenvalue weighted by molar-refractivity contribution is 7.92. The lowest BCUT2D eigenvalue weighted by atomic mass is 10.1. The number of amides is 2. The molecule has 12 heteroatoms. The van der Waals surface area contributed by atoms with E-state index in [2.05, 4.69) is 5.32 Å². The molecule has 0 fully saturated rings. The summed E-state index contributed by atoms with van der Waals surface area (Å²) >= 11 is 12.4. The minimum Gasteiger partial charge on any atom is -0.454 e. The first-order chi connectivity index (χ1) is 16.9. The molecule has 0 radical (unpaired) electrons. The maximum Gasteiger partial charge on any atom is 0.244 e. The SMILES string of the molecule is CCS(=O)(=O)N(CC(=O)N(Cc1ccc(Cl)cc1Cl)[C@H](C)C(=O)NC(C)C)c1ccc2c(c1)OCO2. The number of rotatable bonds is 10. The molecule has 2 aromatic carbocycles. The van der Waals surface area contributed by atoms with Crippen LogP contribution < -0.4 is 19.1 Å². The fraction of sp³-hybridized carbons (Fsp3) is 0.417. The molecule has 1 atom stereocenters. The van der Waals surface area contributed by atoms with Gasteiger partial charge in [0.1, 0.15) is 12.6 Å². The lowest BCUT2D eigenvalue weighted by Crippen LogP contribution is -2.52. The van der Waals surface area contributed by atoms with Gasteiger partial charge in [-0.15, -0.1) is 0 Å². The largest absolute Gasteiger partial charge is 0.454 e. The second-order valence-electron chi connectivity index (χ2n) is 8.54. The summed E-state index contributed by atoms with van der Waals surface area (Å²) in [6.07, 6.45) is 0. The topological polar surface area (TPSA) is 105 Å². The molecule has 1 aliphatic heterocycles. The molecule has 0 aliphatic carbocycles. The lowest BCUT2D eigenvalue weighted by Gasteiger charge is -2.32. The minimum atomic E-state index is -3.87. The molecule has 0 saturated heterocycles. The van der Waals surface area contributed by atoms with Crippen molar-refractivity contribution in [2.75, 3.05) is 23.4 Å². The first-order valence-electron chi connectivity index (χ1n) is 11.4. The Hall–Kier alpha value is -2.69. The van der Waals surface area contributed by atoms with Gasteiger partial charge in [0.25, 0.3) is 0 Å². The molecule has 1 heterocycles. The number of ether oxygens (including phenoxy) is 2. The molecule has 0 aromatic heterocycles. The van der Waals surface area contributed by atoms with Crippen LogP contribution in [0.2, 0.25) is 10.0 Å². The van der Waals surface area contributed by atoms with Crippen LogP contribution in [0.3, 0.4) is 0 Å². The number of nitrogens with zero attached hydrogens (tertiary/aromatic N) is 2. The van der Waals surface area contributed by atoms with Crippen LogP contribution in [0.5, 0.6) is 11.5 Å². The van der Waals surface area contributed by atoms with Gasteiger partial charge < -0.3 is 19.7 Å². The molecular formula is C24H29Cl2N3O6S. The van der Waals surface area contributed by atoms with E-state index >= 15 is 0 Å². The van der Waals surface area contributed by atoms with E-state index in [1.54, 1.807) is 37.3 Å². The summed E-state index contributed by atoms with van der Waals surface area (Å²) in [7, 11) is -3.87. The summed E-state index contributed by atoms with van der Waals surface area (Å²) in [6, 6.07) is 8.42. The summed E-state index contributed by atoms with van der Waals surface area (Å²) < 4.78 is 37.8. The number of anilines is 1. The van der Waals surface area contributed by atoms with Crippen molar-refractivity contribution in [1.29, 1.82) is 0 Å². The predicted molar refractivity (Wildman–Crippen MR) is 139 cm³/mol. The highest BCUT2D eigenvalue weighted by Gasteiger charge is 2.32. The first kappa shape index (κ1) is 27.9. The standard InChI is InChI=1S/C24H29Cl2N3O6S/c1-5-36(32,33)29(19-8-9-21-22(11-19)35-14-34-21)13-23(30)28(16(4)24(31)27-15(2)3)12-17-6-7-18(25)10-20(17)26/h6-11,15-16H,5,12-14H2,1-4H3,(H,27,31)/t16-/m1/s1. The molecule has 2 amide bonds. The van der Waals surface area contributed by atoms with E-state index in [-0.39, 0.29) is 36.7 Å². The Labute approximate surface area is 221 Å². The Morgan fingerprint density at radius 2 is 1.75 bits per heavy atom. The van der Waals surface area contributed by atoms with Gasteiger partial charge in [-0.05, 0) is 57.5 Å². The van der Waals surface area contributed by atoms with Crippen LogP contribution >= 0.6 is 23.2 Å². The van der Waals surface area contributed by atoms with E-state index in [1.165, 1.54) is 17.9 Å². The Balaban J connectivity index is 1.96. The molecule has 2 aromatic rings. The molecule has 0 unspecified atom stereocenters. The molecule has 1 N–H and O–H groups in total. The number of hydrogen-bond acceptors (Lipinski definition) is 6. The van der Waals surface area contributed by atoms with Crippen LogP contribution in [0.25, 0.3) is 0 Å². The van der Waals surface area contributed by atoms with Crippen LogP contribution in [0.1, 0.15) is 33.3 Å². The predicted octanol–water partition coefficient (Wildman–Crippen LogP) is 3.82. The van der Waals surface area contributed by atoms with E-state index in [9.17, 15) is 18.0 Å². The van der Waals surface area contributed by atoms with Crippen molar-refractivity contribution in [3.63, 3.8) is 0 Å². The Morgan fingerprint density at radius 1 is 1.06 bits per heavy atom. The second-order valence-corrected chi connectivity index (χ2v) is 11.6. The van der Waals surface area contributed by atoms with Crippen molar-refractivity contribution in [3.8, 4) is 11.5 Å². The highest BCUT2D eigenvalue weighted by atomic mass is 35.5. The van der Waals surface area contributed by atoms with Crippen LogP contribution in [0, 0.1) is 0 Å². The number of sulfonamides is 1. The zero-order valence-corrected chi connectivity index (χ0v) is 22.8. The number of carbonyl (C=O) groups is 2. The third-order valence-electron chi connectivity index (χ3n) is 5.58. The van der Waals surface area contributed by atoms with Gasteiger partial charge in [-0.25, -0.2) is 8.42 Å². The average molecular weight is 558 g/mol. The van der Waals surface area contributed by atoms with Gasteiger partial charge in [0.2, 0.25) is 28.6 Å². The lowest BCUT2D eigenvalue weighted by molar-refractivity contribution is -0.139. The average Bonchev–Trinajstić information content (AvgIpc) is 3.29. The number of benzene rings is 2. The van der Waals surface area contributed by atoms with Crippen LogP contribution in [0.15, 0.2) is 36.4 Å². The fourth-order valence-electron chi connectivity index (χ4n) is 3.58. The normalized spacial score (nSPS) is 13.4. The van der Waals surface area contributed by atoms with Crippen LogP contribution in [-0.2, 0) is 26.2 Å². The summed E-state index contributed by atoms with van der Waals surface area (Å²) in [6.45, 7) is 6.16. The highest BCUT2D eigenvalue weighted by Crippen LogP contribution is 2.36. The molecule has 196 valence electrons. The van der Waals surface area contributed by atoms with Crippen molar-refractivity contribution in [2.24, 2.45) is 0 Å². The van der Waals surface area contributed by atoms with Crippen molar-refractivity contribution in [1.82, 2.24) is 10.2 Å². The Bertz CT molecular complexity index is 1240. The van der Waals surface area contributed by atoms with Gasteiger partial charge in [-0.1, -0.05) is 29.3 Å². The molecule has 0 bridgehead atoms. The summed E-state index contributed by atoms with van der Waals surface area (Å²) in [5.74, 6) is -0.331. The zero-order valence-electron chi connectivity index (χ0n) is 20.5. The molecule has 0 spiro atoms. The second kappa shape index (κ2) is 11.6. The van der Waals surface area contributed by atoms with Gasteiger partial charge in [0.05, 0.1) is 11.4 Å². The van der Waals surface area contributed by atoms with E-state index in [0.717, 1.165) is 4.31 Å². The van der Waals surface area contributed by atoms with Crippen molar-refractivity contribution in [2.45, 2.75) is 46.3 Å². The van der Waals surface area contributed by atoms with Gasteiger partial charge in [-0.2, -0.15) is 0 Å². The first-order valence-corrected chi connectivity index (χ1v) is 13.7. The number of halogens is 2. The monoisotopic (exact) mass is 557 g/mol. The van der Waals surface area contributed by atoms with Gasteiger partial charge in [-0.3, -0.25) is 13.9 Å². The van der Waals surface area contributed by atoms with E-state index in [1.807, 2.05) is 13.8 Å². The summed E-state index contributed by atoms with van der Waals surface area (Å²) in [5, 5.41) is 3.54. The molecule has 9 nitrogen and oxygen atoms in total. The van der Waals surface area contributed by atoms with Crippen molar-refractivity contribution in [3.05, 3.63) is 52.0 Å². The molecule has 0 saturated carbocycles. The Morgan fingerprint density at radius 3 is 2.39 bits per heavy atom. The number of nitrogens with one attached hydrogen (secondary N) is 1. The van der Waals surface area contributed by atoms with Gasteiger partial charge >= 0.3 is 0 Å². The summed E-state index contributed by atoms with van der Waals surface area (Å²) in [4.78, 5) is 27.8. The van der Waals surface area contributed by atoms with Crippen molar-refractivity contribution < 1.29 is 27.5 Å². The summed E-state index contributed by atoms with van der Waals surface area (Å²) in [5.41, 5.74) is 0.810. The zero-order chi connectivity index (χ0) is 26.6. The molecule has 36 heavy (non-hydrogen) atoms.